The molecule has 0 fully saturated rings. The third-order valence-electron chi connectivity index (χ3n) is 5.86. The predicted molar refractivity (Wildman–Crippen MR) is 144 cm³/mol. The molecule has 3 aromatic heterocycles. The zero-order valence-electron chi connectivity index (χ0n) is 20.7. The van der Waals surface area contributed by atoms with E-state index in [1.165, 1.54) is 17.5 Å². The van der Waals surface area contributed by atoms with E-state index in [1.807, 2.05) is 85.5 Å². The van der Waals surface area contributed by atoms with Crippen molar-refractivity contribution in [1.82, 2.24) is 24.4 Å². The summed E-state index contributed by atoms with van der Waals surface area (Å²) in [4.78, 5) is 14.6. The van der Waals surface area contributed by atoms with Gasteiger partial charge < -0.3 is 5.73 Å². The van der Waals surface area contributed by atoms with E-state index in [2.05, 4.69) is 39.4 Å². The number of nitrogens with zero attached hydrogens (tertiary/aromatic N) is 6. The van der Waals surface area contributed by atoms with Crippen molar-refractivity contribution >= 4 is 16.9 Å². The van der Waals surface area contributed by atoms with Gasteiger partial charge in [-0.25, -0.2) is 9.50 Å². The molecule has 0 saturated heterocycles. The molecule has 0 spiro atoms. The van der Waals surface area contributed by atoms with Crippen molar-refractivity contribution in [3.63, 3.8) is 0 Å². The zero-order valence-corrected chi connectivity index (χ0v) is 20.7. The van der Waals surface area contributed by atoms with E-state index in [9.17, 15) is 4.91 Å². The van der Waals surface area contributed by atoms with E-state index in [0.29, 0.717) is 5.82 Å². The fourth-order valence-corrected chi connectivity index (χ4v) is 3.96. The Bertz CT molecular complexity index is 1500. The molecule has 0 aliphatic rings. The zero-order chi connectivity index (χ0) is 25.5. The predicted octanol–water partition coefficient (Wildman–Crippen LogP) is 5.91. The molecule has 8 nitrogen and oxygen atoms in total. The number of anilines is 1. The van der Waals surface area contributed by atoms with Crippen LogP contribution in [0.25, 0.3) is 22.3 Å². The third kappa shape index (κ3) is 5.55. The van der Waals surface area contributed by atoms with Gasteiger partial charge in [-0.15, -0.1) is 0 Å². The van der Waals surface area contributed by atoms with Gasteiger partial charge in [0.15, 0.2) is 5.82 Å². The van der Waals surface area contributed by atoms with Crippen molar-refractivity contribution in [2.45, 2.75) is 33.9 Å². The van der Waals surface area contributed by atoms with Crippen LogP contribution in [0.5, 0.6) is 0 Å². The Labute approximate surface area is 210 Å². The van der Waals surface area contributed by atoms with Gasteiger partial charge in [-0.2, -0.15) is 15.1 Å². The smallest absolute Gasteiger partial charge is 0.151 e. The van der Waals surface area contributed by atoms with Crippen LogP contribution in [0.3, 0.4) is 0 Å². The SMILES string of the molecule is C/C=C(\C)c1cc(-c2cccc(CN=O)c2)n2ncnc(N)c12.Cc1cnn(Cc2ccccc2)c1. The summed E-state index contributed by atoms with van der Waals surface area (Å²) < 4.78 is 3.74. The van der Waals surface area contributed by atoms with Crippen LogP contribution in [0.15, 0.2) is 90.6 Å². The molecule has 0 radical (unpaired) electrons. The summed E-state index contributed by atoms with van der Waals surface area (Å²) in [5.74, 6) is 0.438. The second kappa shape index (κ2) is 11.2. The number of nitrogens with two attached hydrogens (primary N) is 1. The van der Waals surface area contributed by atoms with Crippen molar-refractivity contribution in [1.29, 1.82) is 0 Å². The largest absolute Gasteiger partial charge is 0.382 e. The number of nitroso groups, excluding NO2 is 1. The van der Waals surface area contributed by atoms with Crippen LogP contribution in [-0.4, -0.2) is 24.4 Å². The molecule has 0 saturated carbocycles. The Kier molecular flexibility index (Phi) is 7.65. The maximum Gasteiger partial charge on any atom is 0.151 e. The molecular weight excluding hydrogens is 450 g/mol. The first kappa shape index (κ1) is 24.5. The molecule has 3 heterocycles. The highest BCUT2D eigenvalue weighted by Gasteiger charge is 2.16. The number of hydrogen-bond acceptors (Lipinski definition) is 6. The summed E-state index contributed by atoms with van der Waals surface area (Å²) in [6.07, 6.45) is 7.39. The fourth-order valence-electron chi connectivity index (χ4n) is 3.96. The summed E-state index contributed by atoms with van der Waals surface area (Å²) in [7, 11) is 0. The van der Waals surface area contributed by atoms with Crippen LogP contribution in [0.1, 0.15) is 36.1 Å². The highest BCUT2D eigenvalue weighted by molar-refractivity contribution is 5.88. The molecule has 0 bridgehead atoms. The minimum absolute atomic E-state index is 0.148. The Hall–Kier alpha value is -4.59. The first-order valence-corrected chi connectivity index (χ1v) is 11.7. The highest BCUT2D eigenvalue weighted by Crippen LogP contribution is 2.32. The van der Waals surface area contributed by atoms with E-state index < -0.39 is 0 Å². The second-order valence-corrected chi connectivity index (χ2v) is 8.51. The average molecular weight is 480 g/mol. The van der Waals surface area contributed by atoms with Gasteiger partial charge in [-0.1, -0.05) is 59.8 Å². The molecule has 0 aliphatic heterocycles. The lowest BCUT2D eigenvalue weighted by Crippen LogP contribution is -2.01. The van der Waals surface area contributed by atoms with Crippen molar-refractivity contribution < 1.29 is 0 Å². The highest BCUT2D eigenvalue weighted by atomic mass is 16.3. The lowest BCUT2D eigenvalue weighted by atomic mass is 10.1. The van der Waals surface area contributed by atoms with Gasteiger partial charge in [-0.05, 0) is 55.2 Å². The van der Waals surface area contributed by atoms with E-state index in [1.54, 1.807) is 4.52 Å². The van der Waals surface area contributed by atoms with E-state index in [4.69, 9.17) is 5.73 Å². The average Bonchev–Trinajstić information content (AvgIpc) is 3.49. The van der Waals surface area contributed by atoms with Crippen LogP contribution in [0.4, 0.5) is 5.82 Å². The first-order chi connectivity index (χ1) is 17.5. The number of rotatable bonds is 6. The molecule has 8 heteroatoms. The van der Waals surface area contributed by atoms with E-state index in [0.717, 1.165) is 40.0 Å². The Balaban J connectivity index is 0.000000197. The number of hydrogen-bond donors (Lipinski definition) is 1. The van der Waals surface area contributed by atoms with Gasteiger partial charge in [0.05, 0.1) is 18.4 Å². The van der Waals surface area contributed by atoms with Gasteiger partial charge >= 0.3 is 0 Å². The summed E-state index contributed by atoms with van der Waals surface area (Å²) in [5.41, 5.74) is 14.2. The van der Waals surface area contributed by atoms with Crippen LogP contribution < -0.4 is 5.73 Å². The van der Waals surface area contributed by atoms with E-state index >= 15 is 0 Å². The Morgan fingerprint density at radius 2 is 1.83 bits per heavy atom. The summed E-state index contributed by atoms with van der Waals surface area (Å²) in [5, 5.41) is 11.5. The van der Waals surface area contributed by atoms with Crippen molar-refractivity contribution in [2.75, 3.05) is 5.73 Å². The quantitative estimate of drug-likeness (QED) is 0.305. The van der Waals surface area contributed by atoms with Gasteiger partial charge in [0.1, 0.15) is 18.4 Å². The first-order valence-electron chi connectivity index (χ1n) is 11.7. The summed E-state index contributed by atoms with van der Waals surface area (Å²) in [6, 6.07) is 20.1. The molecule has 0 amide bonds. The van der Waals surface area contributed by atoms with Crippen LogP contribution in [-0.2, 0) is 13.1 Å². The number of allylic oxidation sites excluding steroid dienone is 2. The number of aromatic nitrogens is 5. The number of aryl methyl sites for hydroxylation is 1. The standard InChI is InChI=1S/C17H17N5O.C11H12N2/c1-3-11(2)14-8-15(22-16(14)17(18)19-10-20-22)13-6-4-5-12(7-13)9-21-23;1-10-7-12-13(8-10)9-11-5-3-2-4-6-11/h3-8,10H,9H2,1-2H3,(H2,18,19,20);2-8H,9H2,1H3/b11-3+;. The topological polar surface area (TPSA) is 103 Å². The summed E-state index contributed by atoms with van der Waals surface area (Å²) in [6.45, 7) is 7.06. The molecule has 0 atom stereocenters. The normalized spacial score (nSPS) is 11.2. The number of fused-ring (bicyclic) bond motifs is 1. The Morgan fingerprint density at radius 1 is 1.06 bits per heavy atom. The molecule has 5 aromatic rings. The second-order valence-electron chi connectivity index (χ2n) is 8.51. The van der Waals surface area contributed by atoms with Crippen molar-refractivity contribution in [2.24, 2.45) is 5.18 Å². The minimum Gasteiger partial charge on any atom is -0.382 e. The number of nitrogen functional groups attached to an aromatic ring is 1. The maximum atomic E-state index is 10.5. The molecule has 2 N–H and O–H groups in total. The third-order valence-corrected chi connectivity index (χ3v) is 5.86. The van der Waals surface area contributed by atoms with Gasteiger partial charge in [-0.3, -0.25) is 4.68 Å². The van der Waals surface area contributed by atoms with Crippen LogP contribution >= 0.6 is 0 Å². The maximum absolute atomic E-state index is 10.5. The fraction of sp³-hybridized carbons (Fsp3) is 0.179. The van der Waals surface area contributed by atoms with Crippen LogP contribution in [0.2, 0.25) is 0 Å². The van der Waals surface area contributed by atoms with Crippen molar-refractivity contribution in [3.8, 4) is 11.3 Å². The molecular formula is C28H29N7O. The number of benzene rings is 2. The van der Waals surface area contributed by atoms with Gasteiger partial charge in [0, 0.05) is 17.3 Å². The van der Waals surface area contributed by atoms with Crippen LogP contribution in [0, 0.1) is 11.8 Å². The molecule has 0 unspecified atom stereocenters. The van der Waals surface area contributed by atoms with Gasteiger partial charge in [0.25, 0.3) is 0 Å². The molecule has 0 aliphatic carbocycles. The molecule has 2 aromatic carbocycles. The lowest BCUT2D eigenvalue weighted by Gasteiger charge is -2.04. The van der Waals surface area contributed by atoms with Crippen molar-refractivity contribution in [3.05, 3.63) is 113 Å². The minimum atomic E-state index is 0.148. The Morgan fingerprint density at radius 3 is 2.53 bits per heavy atom. The van der Waals surface area contributed by atoms with E-state index in [-0.39, 0.29) is 6.54 Å². The molecule has 5 rings (SSSR count). The molecule has 182 valence electrons. The van der Waals surface area contributed by atoms with Gasteiger partial charge in [0.2, 0.25) is 0 Å². The molecule has 36 heavy (non-hydrogen) atoms. The summed E-state index contributed by atoms with van der Waals surface area (Å²) >= 11 is 0. The lowest BCUT2D eigenvalue weighted by molar-refractivity contribution is 0.686. The monoisotopic (exact) mass is 479 g/mol.